The lowest BCUT2D eigenvalue weighted by atomic mass is 9.72. The highest BCUT2D eigenvalue weighted by Gasteiger charge is 2.53. The summed E-state index contributed by atoms with van der Waals surface area (Å²) in [6.07, 6.45) is -8.90. The number of carbonyl (C=O) groups excluding carboxylic acids is 2. The number of hydrogen-bond donors (Lipinski definition) is 6. The minimum atomic E-state index is -2.03. The summed E-state index contributed by atoms with van der Waals surface area (Å²) in [5.74, 6) is -5.49. The van der Waals surface area contributed by atoms with E-state index in [9.17, 15) is 40.2 Å². The summed E-state index contributed by atoms with van der Waals surface area (Å²) in [4.78, 5) is 33.9. The van der Waals surface area contributed by atoms with Crippen LogP contribution in [0.25, 0.3) is 0 Å². The maximum atomic E-state index is 14.4. The number of methoxy groups -OCH3 is 1. The molecule has 17 heteroatoms. The van der Waals surface area contributed by atoms with Crippen LogP contribution >= 0.6 is 0 Å². The number of aliphatic hydroxyl groups excluding tert-OH is 4. The minimum Gasteiger partial charge on any atom is -0.512 e. The fraction of sp³-hybridized carbons (Fsp3) is 0.886. The molecule has 0 aromatic heterocycles. The van der Waals surface area contributed by atoms with Gasteiger partial charge in [0.15, 0.2) is 12.6 Å². The van der Waals surface area contributed by atoms with E-state index < -0.39 is 114 Å². The third-order valence-electron chi connectivity index (χ3n) is 13.3. The molecule has 0 aromatic rings. The van der Waals surface area contributed by atoms with Gasteiger partial charge in [0.1, 0.15) is 35.2 Å². The number of ether oxygens (including phenoxy) is 7. The van der Waals surface area contributed by atoms with Gasteiger partial charge in [-0.15, -0.1) is 0 Å². The number of rotatable bonds is 11. The molecule has 17 nitrogen and oxygen atoms in total. The average molecular weight is 875 g/mol. The lowest BCUT2D eigenvalue weighted by molar-refractivity contribution is -0.318. The summed E-state index contributed by atoms with van der Waals surface area (Å²) in [5.41, 5.74) is -5.17. The third-order valence-corrected chi connectivity index (χ3v) is 13.3. The molecule has 3 fully saturated rings. The topological polar surface area (TPSA) is 236 Å². The van der Waals surface area contributed by atoms with Gasteiger partial charge in [-0.05, 0) is 94.7 Å². The summed E-state index contributed by atoms with van der Waals surface area (Å²) in [6, 6.07) is -1.31. The smallest absolute Gasteiger partial charge is 0.343 e. The van der Waals surface area contributed by atoms with Crippen LogP contribution in [0.5, 0.6) is 0 Å². The highest BCUT2D eigenvalue weighted by Crippen LogP contribution is 2.42. The second-order valence-electron chi connectivity index (χ2n) is 18.7. The van der Waals surface area contributed by atoms with Crippen molar-refractivity contribution in [3.8, 4) is 0 Å². The Bertz CT molecular complexity index is 1500. The molecule has 19 atom stereocenters. The van der Waals surface area contributed by atoms with Gasteiger partial charge in [0.25, 0.3) is 0 Å². The molecule has 0 unspecified atom stereocenters. The second-order valence-corrected chi connectivity index (χ2v) is 18.7. The van der Waals surface area contributed by atoms with Crippen molar-refractivity contribution in [2.24, 2.45) is 28.7 Å². The maximum absolute atomic E-state index is 14.4. The fourth-order valence-electron chi connectivity index (χ4n) is 9.54. The Kier molecular flexibility index (Phi) is 18.8. The molecule has 61 heavy (non-hydrogen) atoms. The molecular formula is C44H78N2O15. The van der Waals surface area contributed by atoms with Crippen molar-refractivity contribution in [1.29, 1.82) is 0 Å². The van der Waals surface area contributed by atoms with Gasteiger partial charge in [-0.25, -0.2) is 4.79 Å². The molecule has 0 saturated carbocycles. The first kappa shape index (κ1) is 53.1. The first-order chi connectivity index (χ1) is 28.2. The van der Waals surface area contributed by atoms with E-state index in [1.807, 2.05) is 25.9 Å². The number of cyclic esters (lactones) is 1. The normalized spacial score (nSPS) is 45.2. The number of hydrogen-bond acceptors (Lipinski definition) is 17. The minimum absolute atomic E-state index is 0.0389. The number of esters is 2. The quantitative estimate of drug-likeness (QED) is 0.0758. The van der Waals surface area contributed by atoms with Crippen molar-refractivity contribution in [2.45, 2.75) is 199 Å². The van der Waals surface area contributed by atoms with Crippen molar-refractivity contribution >= 4 is 18.2 Å². The molecule has 3 rings (SSSR count). The Labute approximate surface area is 362 Å². The van der Waals surface area contributed by atoms with Gasteiger partial charge < -0.3 is 68.7 Å². The van der Waals surface area contributed by atoms with Crippen molar-refractivity contribution < 1.29 is 73.4 Å². The molecule has 3 aliphatic rings. The SMILES string of the molecule is CCOC(=O)/C(C=N[C@@H]1[C@H](C)[C@@H](O)[C@](C)(O)[C@@H](CC)OC(=O)[C@H](C)[C@@H](O[C@H]2C[C@@](C)(OC)[C@@H](O)[C@H](C)O2)[C@H](C)[C@@H](O[C@@H]2O[C@H](C)C[C@H](N(C)C)[C@H]2O)[C@](C)(O)C[C@H]1C)=C(/C)O. The molecule has 3 aliphatic heterocycles. The lowest BCUT2D eigenvalue weighted by Gasteiger charge is -2.49. The molecule has 0 amide bonds. The molecule has 354 valence electrons. The second kappa shape index (κ2) is 21.6. The summed E-state index contributed by atoms with van der Waals surface area (Å²) in [7, 11) is 5.16. The standard InChI is InChI=1S/C44H78N2O15/c1-16-31-44(12,54)36(49)24(5)33(45-21-29(27(8)47)40(52)56-17-2)22(3)19-42(10,53)38(61-41-34(48)30(46(13)14)18-23(4)57-41)25(6)35(26(7)39(51)59-31)60-32-20-43(11,55-15)37(50)28(9)58-32/h21-26,28,30-38,41,47-50,53-54H,16-20H2,1-15H3/b29-27-,45-21?/t22-,23-,24+,25+,26-,28+,30+,31-,32+,33+,34-,35+,36-,37+,38-,41+,42-,43-,44-/m1/s1. The van der Waals surface area contributed by atoms with Crippen LogP contribution < -0.4 is 0 Å². The van der Waals surface area contributed by atoms with Gasteiger partial charge in [-0.1, -0.05) is 27.7 Å². The van der Waals surface area contributed by atoms with Crippen LogP contribution in [0.4, 0.5) is 0 Å². The highest BCUT2D eigenvalue weighted by atomic mass is 16.7. The average Bonchev–Trinajstić information content (AvgIpc) is 3.17. The Morgan fingerprint density at radius 3 is 2.11 bits per heavy atom. The van der Waals surface area contributed by atoms with E-state index in [-0.39, 0.29) is 49.3 Å². The molecule has 6 N–H and O–H groups in total. The largest absolute Gasteiger partial charge is 0.512 e. The van der Waals surface area contributed by atoms with Crippen molar-refractivity contribution in [3.63, 3.8) is 0 Å². The zero-order chi connectivity index (χ0) is 46.5. The van der Waals surface area contributed by atoms with Crippen molar-refractivity contribution in [2.75, 3.05) is 27.8 Å². The molecule has 0 aliphatic carbocycles. The monoisotopic (exact) mass is 875 g/mol. The molecule has 0 aromatic carbocycles. The number of carbonyl (C=O) groups is 2. The Morgan fingerprint density at radius 2 is 1.57 bits per heavy atom. The van der Waals surface area contributed by atoms with Gasteiger partial charge in [-0.3, -0.25) is 9.79 Å². The fourth-order valence-corrected chi connectivity index (χ4v) is 9.54. The zero-order valence-electron chi connectivity index (χ0n) is 39.1. The third kappa shape index (κ3) is 12.3. The molecule has 0 spiro atoms. The van der Waals surface area contributed by atoms with E-state index >= 15 is 0 Å². The van der Waals surface area contributed by atoms with Gasteiger partial charge in [0.05, 0.1) is 60.3 Å². The van der Waals surface area contributed by atoms with E-state index in [1.54, 1.807) is 62.3 Å². The predicted molar refractivity (Wildman–Crippen MR) is 225 cm³/mol. The van der Waals surface area contributed by atoms with Crippen LogP contribution in [0.3, 0.4) is 0 Å². The van der Waals surface area contributed by atoms with Gasteiger partial charge in [-0.2, -0.15) is 0 Å². The first-order valence-corrected chi connectivity index (χ1v) is 21.8. The van der Waals surface area contributed by atoms with Crippen molar-refractivity contribution in [3.05, 3.63) is 11.3 Å². The van der Waals surface area contributed by atoms with Crippen LogP contribution in [-0.4, -0.2) is 172 Å². The number of aliphatic hydroxyl groups is 6. The van der Waals surface area contributed by atoms with E-state index in [4.69, 9.17) is 38.2 Å². The van der Waals surface area contributed by atoms with Crippen LogP contribution in [0.1, 0.15) is 109 Å². The lowest BCUT2D eigenvalue weighted by Crippen LogP contribution is -2.61. The zero-order valence-corrected chi connectivity index (χ0v) is 39.1. The summed E-state index contributed by atoms with van der Waals surface area (Å²) < 4.78 is 42.8. The Balaban J connectivity index is 2.30. The Hall–Kier alpha value is -2.29. The molecule has 0 bridgehead atoms. The van der Waals surface area contributed by atoms with Gasteiger partial charge >= 0.3 is 11.9 Å². The van der Waals surface area contributed by atoms with Gasteiger partial charge in [0, 0.05) is 37.6 Å². The van der Waals surface area contributed by atoms with Crippen LogP contribution in [0, 0.1) is 23.7 Å². The summed E-state index contributed by atoms with van der Waals surface area (Å²) in [6.45, 7) is 19.7. The maximum Gasteiger partial charge on any atom is 0.343 e. The molecule has 3 saturated heterocycles. The first-order valence-electron chi connectivity index (χ1n) is 21.8. The Morgan fingerprint density at radius 1 is 0.951 bits per heavy atom. The summed E-state index contributed by atoms with van der Waals surface area (Å²) >= 11 is 0. The van der Waals surface area contributed by atoms with Gasteiger partial charge in [0.2, 0.25) is 0 Å². The van der Waals surface area contributed by atoms with Crippen LogP contribution in [-0.2, 0) is 42.7 Å². The van der Waals surface area contributed by atoms with Crippen LogP contribution in [0.2, 0.25) is 0 Å². The molecule has 0 radical (unpaired) electrons. The number of nitrogens with zero attached hydrogens (tertiary/aromatic N) is 2. The van der Waals surface area contributed by atoms with E-state index in [0.29, 0.717) is 6.42 Å². The number of allylic oxidation sites excluding steroid dienone is 1. The molecule has 3 heterocycles. The molecular weight excluding hydrogens is 796 g/mol. The van der Waals surface area contributed by atoms with E-state index in [1.165, 1.54) is 21.0 Å². The number of aliphatic imine (C=N–C) groups is 1. The predicted octanol–water partition coefficient (Wildman–Crippen LogP) is 3.05. The van der Waals surface area contributed by atoms with Crippen molar-refractivity contribution in [1.82, 2.24) is 4.90 Å². The van der Waals surface area contributed by atoms with E-state index in [2.05, 4.69) is 0 Å². The highest BCUT2D eigenvalue weighted by molar-refractivity contribution is 6.09. The van der Waals surface area contributed by atoms with E-state index in [0.717, 1.165) is 6.21 Å². The van der Waals surface area contributed by atoms with Crippen LogP contribution in [0.15, 0.2) is 16.3 Å². The summed E-state index contributed by atoms with van der Waals surface area (Å²) in [5, 5.41) is 70.1. The number of likely N-dealkylation sites (N-methyl/N-ethyl adjacent to an activating group) is 1.